The van der Waals surface area contributed by atoms with Crippen molar-refractivity contribution in [2.45, 2.75) is 44.9 Å². The summed E-state index contributed by atoms with van der Waals surface area (Å²) in [6.07, 6.45) is 2.78. The number of amides is 1. The van der Waals surface area contributed by atoms with Gasteiger partial charge < -0.3 is 15.4 Å². The van der Waals surface area contributed by atoms with Crippen molar-refractivity contribution in [1.29, 1.82) is 0 Å². The molecule has 2 saturated heterocycles. The average Bonchev–Trinajstić information content (AvgIpc) is 2.74. The molecule has 3 atom stereocenters. The van der Waals surface area contributed by atoms with Crippen LogP contribution in [0.15, 0.2) is 0 Å². The monoisotopic (exact) mass is 255 g/mol. The number of likely N-dealkylation sites (tertiary alicyclic amines) is 1. The molecular weight excluding hydrogens is 230 g/mol. The zero-order valence-corrected chi connectivity index (χ0v) is 11.5. The van der Waals surface area contributed by atoms with E-state index in [9.17, 15) is 4.79 Å². The van der Waals surface area contributed by atoms with Gasteiger partial charge >= 0.3 is 0 Å². The van der Waals surface area contributed by atoms with E-state index in [1.807, 2.05) is 4.90 Å². The minimum atomic E-state index is 0.0897. The van der Waals surface area contributed by atoms with E-state index in [2.05, 4.69) is 18.7 Å². The Kier molecular flexibility index (Phi) is 4.59. The smallest absolute Gasteiger partial charge is 0.236 e. The van der Waals surface area contributed by atoms with Crippen LogP contribution in [-0.4, -0.2) is 66.7 Å². The summed E-state index contributed by atoms with van der Waals surface area (Å²) in [5.74, 6) is 0.0897. The summed E-state index contributed by atoms with van der Waals surface area (Å²) in [6.45, 7) is 8.11. The van der Waals surface area contributed by atoms with E-state index in [-0.39, 0.29) is 24.7 Å². The number of rotatable bonds is 3. The first kappa shape index (κ1) is 13.8. The van der Waals surface area contributed by atoms with Gasteiger partial charge in [-0.1, -0.05) is 0 Å². The van der Waals surface area contributed by atoms with Crippen LogP contribution >= 0.6 is 0 Å². The van der Waals surface area contributed by atoms with Crippen LogP contribution < -0.4 is 5.73 Å². The summed E-state index contributed by atoms with van der Waals surface area (Å²) in [5.41, 5.74) is 5.47. The Hall–Kier alpha value is -0.650. The lowest BCUT2D eigenvalue weighted by atomic mass is 10.1. The Labute approximate surface area is 109 Å². The van der Waals surface area contributed by atoms with Gasteiger partial charge in [0.05, 0.1) is 18.8 Å². The first-order chi connectivity index (χ1) is 8.60. The molecule has 0 aromatic heterocycles. The fraction of sp³-hybridized carbons (Fsp3) is 0.923. The fourth-order valence-electron chi connectivity index (χ4n) is 3.20. The van der Waals surface area contributed by atoms with Gasteiger partial charge in [0, 0.05) is 32.2 Å². The van der Waals surface area contributed by atoms with E-state index in [0.717, 1.165) is 39.0 Å². The lowest BCUT2D eigenvalue weighted by Crippen LogP contribution is -2.51. The molecule has 1 amide bonds. The summed E-state index contributed by atoms with van der Waals surface area (Å²) in [7, 11) is 0. The Bertz CT molecular complexity index is 288. The number of hydrogen-bond acceptors (Lipinski definition) is 4. The van der Waals surface area contributed by atoms with E-state index >= 15 is 0 Å². The first-order valence-electron chi connectivity index (χ1n) is 6.97. The standard InChI is InChI=1S/C13H25N3O2/c1-10-7-15(8-11(2)18-10)9-12-4-3-5-16(12)13(17)6-14/h10-12H,3-9,14H2,1-2H3. The molecule has 3 unspecified atom stereocenters. The van der Waals surface area contributed by atoms with Crippen LogP contribution in [0.2, 0.25) is 0 Å². The molecule has 5 heteroatoms. The third-order valence-corrected chi connectivity index (χ3v) is 3.84. The molecule has 2 aliphatic heterocycles. The van der Waals surface area contributed by atoms with Crippen molar-refractivity contribution in [3.8, 4) is 0 Å². The van der Waals surface area contributed by atoms with Gasteiger partial charge in [0.1, 0.15) is 0 Å². The molecule has 0 aliphatic carbocycles. The zero-order chi connectivity index (χ0) is 13.1. The maximum atomic E-state index is 11.8. The fourth-order valence-corrected chi connectivity index (χ4v) is 3.20. The SMILES string of the molecule is CC1CN(CC2CCCN2C(=O)CN)CC(C)O1. The number of nitrogens with zero attached hydrogens (tertiary/aromatic N) is 2. The van der Waals surface area contributed by atoms with Crippen LogP contribution in [0.3, 0.4) is 0 Å². The number of morpholine rings is 1. The van der Waals surface area contributed by atoms with Crippen LogP contribution in [0.5, 0.6) is 0 Å². The van der Waals surface area contributed by atoms with Crippen molar-refractivity contribution in [3.05, 3.63) is 0 Å². The zero-order valence-electron chi connectivity index (χ0n) is 11.5. The molecule has 18 heavy (non-hydrogen) atoms. The molecule has 0 spiro atoms. The molecule has 2 rings (SSSR count). The Morgan fingerprint density at radius 1 is 1.33 bits per heavy atom. The van der Waals surface area contributed by atoms with E-state index < -0.39 is 0 Å². The van der Waals surface area contributed by atoms with Gasteiger partial charge in [-0.3, -0.25) is 9.69 Å². The average molecular weight is 255 g/mol. The van der Waals surface area contributed by atoms with Gasteiger partial charge in [-0.15, -0.1) is 0 Å². The van der Waals surface area contributed by atoms with E-state index in [1.54, 1.807) is 0 Å². The summed E-state index contributed by atoms with van der Waals surface area (Å²) in [5, 5.41) is 0. The highest BCUT2D eigenvalue weighted by atomic mass is 16.5. The number of carbonyl (C=O) groups is 1. The van der Waals surface area contributed by atoms with Gasteiger partial charge in [0.15, 0.2) is 0 Å². The summed E-state index contributed by atoms with van der Waals surface area (Å²) >= 11 is 0. The summed E-state index contributed by atoms with van der Waals surface area (Å²) in [4.78, 5) is 16.1. The second kappa shape index (κ2) is 5.99. The maximum absolute atomic E-state index is 11.8. The molecule has 0 radical (unpaired) electrons. The highest BCUT2D eigenvalue weighted by Gasteiger charge is 2.31. The molecule has 0 bridgehead atoms. The van der Waals surface area contributed by atoms with Crippen molar-refractivity contribution >= 4 is 5.91 Å². The van der Waals surface area contributed by atoms with Crippen LogP contribution in [-0.2, 0) is 9.53 Å². The lowest BCUT2D eigenvalue weighted by Gasteiger charge is -2.38. The molecule has 0 aromatic carbocycles. The Balaban J connectivity index is 1.90. The third kappa shape index (κ3) is 3.22. The van der Waals surface area contributed by atoms with Gasteiger partial charge in [-0.2, -0.15) is 0 Å². The highest BCUT2D eigenvalue weighted by molar-refractivity contribution is 5.78. The number of ether oxygens (including phenoxy) is 1. The van der Waals surface area contributed by atoms with Crippen LogP contribution in [0.1, 0.15) is 26.7 Å². The van der Waals surface area contributed by atoms with Crippen molar-refractivity contribution < 1.29 is 9.53 Å². The molecule has 2 N–H and O–H groups in total. The third-order valence-electron chi connectivity index (χ3n) is 3.84. The Morgan fingerprint density at radius 2 is 2.00 bits per heavy atom. The predicted octanol–water partition coefficient (Wildman–Crippen LogP) is 0.0453. The first-order valence-corrected chi connectivity index (χ1v) is 6.97. The molecule has 0 saturated carbocycles. The quantitative estimate of drug-likeness (QED) is 0.774. The van der Waals surface area contributed by atoms with E-state index in [0.29, 0.717) is 6.04 Å². The van der Waals surface area contributed by atoms with Gasteiger partial charge in [0.25, 0.3) is 0 Å². The highest BCUT2D eigenvalue weighted by Crippen LogP contribution is 2.20. The minimum Gasteiger partial charge on any atom is -0.373 e. The predicted molar refractivity (Wildman–Crippen MR) is 70.2 cm³/mol. The molecule has 2 aliphatic rings. The number of hydrogen-bond donors (Lipinski definition) is 1. The van der Waals surface area contributed by atoms with Crippen molar-refractivity contribution in [3.63, 3.8) is 0 Å². The minimum absolute atomic E-state index is 0.0897. The van der Waals surface area contributed by atoms with Crippen LogP contribution in [0.25, 0.3) is 0 Å². The normalized spacial score (nSPS) is 33.9. The van der Waals surface area contributed by atoms with Crippen molar-refractivity contribution in [1.82, 2.24) is 9.80 Å². The maximum Gasteiger partial charge on any atom is 0.236 e. The second-order valence-electron chi connectivity index (χ2n) is 5.56. The van der Waals surface area contributed by atoms with E-state index in [4.69, 9.17) is 10.5 Å². The Morgan fingerprint density at radius 3 is 2.61 bits per heavy atom. The molecule has 5 nitrogen and oxygen atoms in total. The largest absolute Gasteiger partial charge is 0.373 e. The summed E-state index contributed by atoms with van der Waals surface area (Å²) in [6, 6.07) is 0.346. The van der Waals surface area contributed by atoms with Crippen molar-refractivity contribution in [2.75, 3.05) is 32.7 Å². The molecule has 104 valence electrons. The number of nitrogens with two attached hydrogens (primary N) is 1. The van der Waals surface area contributed by atoms with Crippen LogP contribution in [0.4, 0.5) is 0 Å². The molecule has 2 fully saturated rings. The van der Waals surface area contributed by atoms with Crippen LogP contribution in [0, 0.1) is 0 Å². The van der Waals surface area contributed by atoms with Gasteiger partial charge in [-0.25, -0.2) is 0 Å². The van der Waals surface area contributed by atoms with E-state index in [1.165, 1.54) is 0 Å². The van der Waals surface area contributed by atoms with Gasteiger partial charge in [0.2, 0.25) is 5.91 Å². The van der Waals surface area contributed by atoms with Gasteiger partial charge in [-0.05, 0) is 26.7 Å². The lowest BCUT2D eigenvalue weighted by molar-refractivity contribution is -0.131. The molecular formula is C13H25N3O2. The molecule has 0 aromatic rings. The molecule has 2 heterocycles. The topological polar surface area (TPSA) is 58.8 Å². The number of carbonyl (C=O) groups excluding carboxylic acids is 1. The second-order valence-corrected chi connectivity index (χ2v) is 5.56. The van der Waals surface area contributed by atoms with Crippen molar-refractivity contribution in [2.24, 2.45) is 5.73 Å². The summed E-state index contributed by atoms with van der Waals surface area (Å²) < 4.78 is 5.73.